The molecule has 0 atom stereocenters. The maximum Gasteiger partial charge on any atom is 0.266 e. The molecule has 1 saturated heterocycles. The first-order valence-electron chi connectivity index (χ1n) is 9.19. The monoisotopic (exact) mass is 454 g/mol. The van der Waals surface area contributed by atoms with Crippen LogP contribution in [0.1, 0.15) is 25.3 Å². The van der Waals surface area contributed by atoms with E-state index < -0.39 is 0 Å². The zero-order chi connectivity index (χ0) is 21.3. The van der Waals surface area contributed by atoms with Crippen LogP contribution >= 0.6 is 35.0 Å². The lowest BCUT2D eigenvalue weighted by atomic mass is 9.81. The van der Waals surface area contributed by atoms with E-state index in [0.717, 1.165) is 37.7 Å². The number of nitrogen functional groups attached to an aromatic ring is 1. The Labute approximate surface area is 183 Å². The average molecular weight is 455 g/mol. The van der Waals surface area contributed by atoms with E-state index in [2.05, 4.69) is 11.9 Å². The summed E-state index contributed by atoms with van der Waals surface area (Å²) in [6.07, 6.45) is 1.83. The predicted molar refractivity (Wildman–Crippen MR) is 122 cm³/mol. The van der Waals surface area contributed by atoms with Crippen molar-refractivity contribution in [3.8, 4) is 0 Å². The minimum absolute atomic E-state index is 0.0272. The summed E-state index contributed by atoms with van der Waals surface area (Å²) < 4.78 is 1.45. The molecule has 7 nitrogen and oxygen atoms in total. The van der Waals surface area contributed by atoms with E-state index >= 15 is 0 Å². The molecule has 0 saturated carbocycles. The van der Waals surface area contributed by atoms with Crippen LogP contribution in [-0.4, -0.2) is 34.2 Å². The molecule has 0 unspecified atom stereocenters. The fraction of sp³-hybridized carbons (Fsp3) is 0.421. The predicted octanol–water partition coefficient (Wildman–Crippen LogP) is 3.35. The second kappa shape index (κ2) is 8.55. The number of piperidine rings is 1. The number of rotatable bonds is 4. The second-order valence-electron chi connectivity index (χ2n) is 7.52. The van der Waals surface area contributed by atoms with Crippen molar-refractivity contribution in [2.24, 2.45) is 18.2 Å². The third-order valence-corrected chi connectivity index (χ3v) is 7.30. The Balaban J connectivity index is 1.89. The first kappa shape index (κ1) is 22.0. The SMILES string of the molecule is Cn1c(N2CCC(C)(CN)CC2)nc(N)c(C(=N)Sc2cccc(Cl)c2Cl)c1=O. The van der Waals surface area contributed by atoms with E-state index in [1.165, 1.54) is 4.57 Å². The van der Waals surface area contributed by atoms with E-state index in [1.54, 1.807) is 25.2 Å². The number of nitrogens with two attached hydrogens (primary N) is 2. The number of aromatic nitrogens is 2. The lowest BCUT2D eigenvalue weighted by molar-refractivity contribution is 0.256. The highest BCUT2D eigenvalue weighted by Gasteiger charge is 2.31. The molecule has 156 valence electrons. The minimum Gasteiger partial charge on any atom is -0.383 e. The summed E-state index contributed by atoms with van der Waals surface area (Å²) in [6, 6.07) is 5.13. The molecule has 1 aromatic carbocycles. The lowest BCUT2D eigenvalue weighted by Crippen LogP contribution is -2.44. The molecule has 0 aliphatic carbocycles. The Morgan fingerprint density at radius 1 is 1.34 bits per heavy atom. The molecule has 0 bridgehead atoms. The summed E-state index contributed by atoms with van der Waals surface area (Å²) in [6.45, 7) is 4.30. The number of nitrogens with zero attached hydrogens (tertiary/aromatic N) is 3. The van der Waals surface area contributed by atoms with Crippen molar-refractivity contribution in [3.05, 3.63) is 44.2 Å². The Hall–Kier alpha value is -1.74. The van der Waals surface area contributed by atoms with Crippen molar-refractivity contribution in [1.82, 2.24) is 9.55 Å². The summed E-state index contributed by atoms with van der Waals surface area (Å²) in [5, 5.41) is 9.09. The van der Waals surface area contributed by atoms with Gasteiger partial charge in [-0.2, -0.15) is 4.98 Å². The highest BCUT2D eigenvalue weighted by Crippen LogP contribution is 2.35. The maximum absolute atomic E-state index is 13.0. The zero-order valence-corrected chi connectivity index (χ0v) is 18.7. The van der Waals surface area contributed by atoms with Gasteiger partial charge in [-0.25, -0.2) is 0 Å². The van der Waals surface area contributed by atoms with Crippen LogP contribution in [-0.2, 0) is 7.05 Å². The number of thioether (sulfide) groups is 1. The summed E-state index contributed by atoms with van der Waals surface area (Å²) in [7, 11) is 1.65. The molecular weight excluding hydrogens is 431 g/mol. The molecule has 0 radical (unpaired) electrons. The van der Waals surface area contributed by atoms with Gasteiger partial charge in [0, 0.05) is 25.0 Å². The molecule has 3 rings (SSSR count). The van der Waals surface area contributed by atoms with Gasteiger partial charge >= 0.3 is 0 Å². The van der Waals surface area contributed by atoms with Gasteiger partial charge in [-0.1, -0.05) is 48.0 Å². The van der Waals surface area contributed by atoms with Gasteiger partial charge in [0.1, 0.15) is 16.4 Å². The van der Waals surface area contributed by atoms with Crippen LogP contribution < -0.4 is 21.9 Å². The fourth-order valence-corrected chi connectivity index (χ4v) is 4.61. The van der Waals surface area contributed by atoms with Crippen LogP contribution in [0.5, 0.6) is 0 Å². The third kappa shape index (κ3) is 4.40. The van der Waals surface area contributed by atoms with E-state index in [-0.39, 0.29) is 27.4 Å². The average Bonchev–Trinajstić information content (AvgIpc) is 2.69. The van der Waals surface area contributed by atoms with Gasteiger partial charge < -0.3 is 16.4 Å². The molecule has 2 aromatic rings. The first-order chi connectivity index (χ1) is 13.7. The standard InChI is InChI=1S/C19H24Cl2N6OS/c1-19(10-22)6-8-27(9-7-19)18-25-15(23)13(17(28)26(18)2)16(24)29-12-5-3-4-11(20)14(12)21/h3-5,24H,6-10,22-23H2,1-2H3. The highest BCUT2D eigenvalue weighted by atomic mass is 35.5. The van der Waals surface area contributed by atoms with Crippen LogP contribution in [0.4, 0.5) is 11.8 Å². The topological polar surface area (TPSA) is 114 Å². The molecule has 1 aliphatic heterocycles. The fourth-order valence-electron chi connectivity index (χ4n) is 3.28. The van der Waals surface area contributed by atoms with Gasteiger partial charge in [0.25, 0.3) is 5.56 Å². The first-order valence-corrected chi connectivity index (χ1v) is 10.8. The second-order valence-corrected chi connectivity index (χ2v) is 9.36. The molecule has 10 heteroatoms. The van der Waals surface area contributed by atoms with Gasteiger partial charge in [0.05, 0.1) is 10.0 Å². The third-order valence-electron chi connectivity index (χ3n) is 5.40. The van der Waals surface area contributed by atoms with Gasteiger partial charge in [0.2, 0.25) is 5.95 Å². The lowest BCUT2D eigenvalue weighted by Gasteiger charge is -2.39. The molecule has 1 fully saturated rings. The van der Waals surface area contributed by atoms with E-state index in [9.17, 15) is 4.79 Å². The number of nitrogens with one attached hydrogen (secondary N) is 1. The van der Waals surface area contributed by atoms with Crippen molar-refractivity contribution in [1.29, 1.82) is 5.41 Å². The van der Waals surface area contributed by atoms with Gasteiger partial charge in [-0.3, -0.25) is 14.8 Å². The zero-order valence-electron chi connectivity index (χ0n) is 16.3. The van der Waals surface area contributed by atoms with Crippen LogP contribution in [0.2, 0.25) is 10.0 Å². The summed E-state index contributed by atoms with van der Waals surface area (Å²) in [4.78, 5) is 20.1. The molecule has 2 heterocycles. The van der Waals surface area contributed by atoms with Crippen molar-refractivity contribution < 1.29 is 0 Å². The highest BCUT2D eigenvalue weighted by molar-refractivity contribution is 8.14. The minimum atomic E-state index is -0.365. The Kier molecular flexibility index (Phi) is 6.48. The number of hydrogen-bond donors (Lipinski definition) is 3. The number of hydrogen-bond acceptors (Lipinski definition) is 7. The molecule has 29 heavy (non-hydrogen) atoms. The number of halogens is 2. The molecule has 0 spiro atoms. The summed E-state index contributed by atoms with van der Waals surface area (Å²) in [5.74, 6) is 0.541. The van der Waals surface area contributed by atoms with E-state index in [1.807, 2.05) is 4.90 Å². The summed E-state index contributed by atoms with van der Waals surface area (Å²) >= 11 is 13.3. The van der Waals surface area contributed by atoms with Crippen LogP contribution in [0.25, 0.3) is 0 Å². The molecule has 5 N–H and O–H groups in total. The van der Waals surface area contributed by atoms with Gasteiger partial charge in [-0.05, 0) is 36.9 Å². The normalized spacial score (nSPS) is 16.1. The van der Waals surface area contributed by atoms with Crippen LogP contribution in [0.15, 0.2) is 27.9 Å². The van der Waals surface area contributed by atoms with Crippen LogP contribution in [0.3, 0.4) is 0 Å². The largest absolute Gasteiger partial charge is 0.383 e. The molecule has 1 aliphatic rings. The van der Waals surface area contributed by atoms with Crippen molar-refractivity contribution in [2.75, 3.05) is 30.3 Å². The van der Waals surface area contributed by atoms with Crippen molar-refractivity contribution >= 4 is 51.8 Å². The van der Waals surface area contributed by atoms with E-state index in [4.69, 9.17) is 40.1 Å². The van der Waals surface area contributed by atoms with E-state index in [0.29, 0.717) is 27.4 Å². The molecule has 1 aromatic heterocycles. The van der Waals surface area contributed by atoms with Crippen molar-refractivity contribution in [3.63, 3.8) is 0 Å². The van der Waals surface area contributed by atoms with Gasteiger partial charge in [0.15, 0.2) is 0 Å². The van der Waals surface area contributed by atoms with Crippen LogP contribution in [0, 0.1) is 10.8 Å². The van der Waals surface area contributed by atoms with Crippen molar-refractivity contribution in [2.45, 2.75) is 24.7 Å². The maximum atomic E-state index is 13.0. The Morgan fingerprint density at radius 2 is 2.00 bits per heavy atom. The molecule has 0 amide bonds. The molecular formula is C19H24Cl2N6OS. The number of anilines is 2. The Morgan fingerprint density at radius 3 is 2.62 bits per heavy atom. The number of benzene rings is 1. The quantitative estimate of drug-likeness (QED) is 0.370. The Bertz CT molecular complexity index is 1000. The smallest absolute Gasteiger partial charge is 0.266 e. The van der Waals surface area contributed by atoms with Gasteiger partial charge in [-0.15, -0.1) is 0 Å². The summed E-state index contributed by atoms with van der Waals surface area (Å²) in [5.41, 5.74) is 11.8.